The fourth-order valence-electron chi connectivity index (χ4n) is 3.30. The van der Waals surface area contributed by atoms with Crippen LogP contribution >= 0.6 is 27.5 Å². The van der Waals surface area contributed by atoms with Crippen LogP contribution in [0.15, 0.2) is 46.0 Å². The third-order valence-corrected chi connectivity index (χ3v) is 5.65. The number of nitro groups is 1. The maximum absolute atomic E-state index is 12.3. The lowest BCUT2D eigenvalue weighted by molar-refractivity contribution is -0.386. The van der Waals surface area contributed by atoms with Crippen LogP contribution in [0.3, 0.4) is 0 Å². The number of carbonyl (C=O) groups is 1. The van der Waals surface area contributed by atoms with Gasteiger partial charge in [0.1, 0.15) is 24.5 Å². The molecule has 1 aromatic heterocycles. The number of halogens is 2. The molecule has 12 heteroatoms. The SMILES string of the molecule is CCOc1cc(C=NNC(=O)Cn2nc(C)c([N+](=O)[O-])c2C)cc(Br)c1OCc1cccc(Cl)c1. The Morgan fingerprint density at radius 3 is 2.74 bits per heavy atom. The van der Waals surface area contributed by atoms with E-state index < -0.39 is 10.8 Å². The molecule has 0 radical (unpaired) electrons. The first-order chi connectivity index (χ1) is 16.7. The zero-order valence-electron chi connectivity index (χ0n) is 19.2. The second kappa shape index (κ2) is 11.8. The first-order valence-electron chi connectivity index (χ1n) is 10.5. The molecule has 0 spiro atoms. The van der Waals surface area contributed by atoms with Crippen LogP contribution in [0.2, 0.25) is 5.02 Å². The molecule has 0 bridgehead atoms. The summed E-state index contributed by atoms with van der Waals surface area (Å²) in [5, 5.41) is 19.8. The molecular weight excluding hydrogens is 542 g/mol. The number of aromatic nitrogens is 2. The summed E-state index contributed by atoms with van der Waals surface area (Å²) in [6.07, 6.45) is 1.45. The quantitative estimate of drug-likeness (QED) is 0.211. The molecule has 3 rings (SSSR count). The first kappa shape index (κ1) is 26.2. The highest BCUT2D eigenvalue weighted by molar-refractivity contribution is 9.10. The lowest BCUT2D eigenvalue weighted by atomic mass is 10.2. The van der Waals surface area contributed by atoms with E-state index in [1.54, 1.807) is 18.2 Å². The number of hydrogen-bond donors (Lipinski definition) is 1. The molecule has 10 nitrogen and oxygen atoms in total. The molecule has 3 aromatic rings. The smallest absolute Gasteiger partial charge is 0.312 e. The van der Waals surface area contributed by atoms with E-state index in [-0.39, 0.29) is 17.9 Å². The second-order valence-electron chi connectivity index (χ2n) is 7.41. The maximum atomic E-state index is 12.3. The lowest BCUT2D eigenvalue weighted by Crippen LogP contribution is -2.24. The minimum Gasteiger partial charge on any atom is -0.490 e. The van der Waals surface area contributed by atoms with Crippen molar-refractivity contribution in [2.45, 2.75) is 33.9 Å². The molecule has 0 atom stereocenters. The van der Waals surface area contributed by atoms with Crippen molar-refractivity contribution in [3.8, 4) is 11.5 Å². The minimum absolute atomic E-state index is 0.104. The number of carbonyl (C=O) groups excluding carboxylic acids is 1. The predicted molar refractivity (Wildman–Crippen MR) is 135 cm³/mol. The number of amides is 1. The molecule has 0 aliphatic heterocycles. The van der Waals surface area contributed by atoms with E-state index in [4.69, 9.17) is 21.1 Å². The summed E-state index contributed by atoms with van der Waals surface area (Å²) in [6.45, 7) is 5.44. The van der Waals surface area contributed by atoms with Gasteiger partial charge in [0.2, 0.25) is 0 Å². The van der Waals surface area contributed by atoms with Crippen LogP contribution in [0.25, 0.3) is 0 Å². The molecule has 0 aliphatic rings. The van der Waals surface area contributed by atoms with Crippen molar-refractivity contribution in [1.82, 2.24) is 15.2 Å². The van der Waals surface area contributed by atoms with E-state index in [2.05, 4.69) is 31.6 Å². The van der Waals surface area contributed by atoms with Gasteiger partial charge >= 0.3 is 5.69 Å². The summed E-state index contributed by atoms with van der Waals surface area (Å²) in [5.41, 5.74) is 4.40. The Kier molecular flexibility index (Phi) is 8.83. The van der Waals surface area contributed by atoms with Crippen LogP contribution < -0.4 is 14.9 Å². The Morgan fingerprint density at radius 1 is 1.31 bits per heavy atom. The molecule has 0 saturated carbocycles. The van der Waals surface area contributed by atoms with Gasteiger partial charge in [0.05, 0.1) is 22.2 Å². The number of nitrogens with zero attached hydrogens (tertiary/aromatic N) is 4. The number of ether oxygens (including phenoxy) is 2. The molecule has 0 saturated heterocycles. The highest BCUT2D eigenvalue weighted by atomic mass is 79.9. The third kappa shape index (κ3) is 6.80. The second-order valence-corrected chi connectivity index (χ2v) is 8.70. The third-order valence-electron chi connectivity index (χ3n) is 4.83. The van der Waals surface area contributed by atoms with Gasteiger partial charge in [-0.1, -0.05) is 23.7 Å². The Labute approximate surface area is 215 Å². The van der Waals surface area contributed by atoms with E-state index >= 15 is 0 Å². The van der Waals surface area contributed by atoms with Crippen LogP contribution in [-0.2, 0) is 17.9 Å². The highest BCUT2D eigenvalue weighted by Crippen LogP contribution is 2.37. The molecule has 1 N–H and O–H groups in total. The van der Waals surface area contributed by atoms with Crippen LogP contribution in [-0.4, -0.2) is 33.4 Å². The van der Waals surface area contributed by atoms with Crippen molar-refractivity contribution in [3.63, 3.8) is 0 Å². The number of hydrogen-bond acceptors (Lipinski definition) is 7. The average molecular weight is 565 g/mol. The van der Waals surface area contributed by atoms with Crippen LogP contribution in [0, 0.1) is 24.0 Å². The monoisotopic (exact) mass is 563 g/mol. The average Bonchev–Trinajstić information content (AvgIpc) is 3.06. The number of aryl methyl sites for hydroxylation is 1. The van der Waals surface area contributed by atoms with Gasteiger partial charge in [-0.2, -0.15) is 10.2 Å². The van der Waals surface area contributed by atoms with Crippen LogP contribution in [0.4, 0.5) is 5.69 Å². The Hall–Kier alpha value is -3.44. The summed E-state index contributed by atoms with van der Waals surface area (Å²) >= 11 is 9.54. The van der Waals surface area contributed by atoms with Gasteiger partial charge in [0.15, 0.2) is 11.5 Å². The standard InChI is InChI=1S/C23H23BrClN5O5/c1-4-34-20-10-17(9-19(24)23(20)35-13-16-6-5-7-18(25)8-16)11-26-27-21(31)12-29-15(3)22(30(32)33)14(2)28-29/h5-11H,4,12-13H2,1-3H3,(H,27,31). The van der Waals surface area contributed by atoms with E-state index in [0.29, 0.717) is 45.5 Å². The Bertz CT molecular complexity index is 1280. The topological polar surface area (TPSA) is 121 Å². The number of benzene rings is 2. The first-order valence-corrected chi connectivity index (χ1v) is 11.7. The van der Waals surface area contributed by atoms with Crippen molar-refractivity contribution in [2.75, 3.05) is 6.61 Å². The predicted octanol–water partition coefficient (Wildman–Crippen LogP) is 4.95. The van der Waals surface area contributed by atoms with Crippen LogP contribution in [0.1, 0.15) is 29.4 Å². The van der Waals surface area contributed by atoms with Gasteiger partial charge in [-0.05, 0) is 72.1 Å². The van der Waals surface area contributed by atoms with Gasteiger partial charge in [-0.15, -0.1) is 0 Å². The molecular formula is C23H23BrClN5O5. The molecule has 0 fully saturated rings. The summed E-state index contributed by atoms with van der Waals surface area (Å²) in [7, 11) is 0. The highest BCUT2D eigenvalue weighted by Gasteiger charge is 2.22. The fourth-order valence-corrected chi connectivity index (χ4v) is 4.09. The van der Waals surface area contributed by atoms with Gasteiger partial charge in [0.25, 0.3) is 5.91 Å². The molecule has 184 valence electrons. The zero-order valence-corrected chi connectivity index (χ0v) is 21.6. The molecule has 1 amide bonds. The minimum atomic E-state index is -0.513. The van der Waals surface area contributed by atoms with E-state index in [1.165, 1.54) is 24.7 Å². The van der Waals surface area contributed by atoms with Gasteiger partial charge < -0.3 is 9.47 Å². The van der Waals surface area contributed by atoms with Gasteiger partial charge in [-0.3, -0.25) is 19.6 Å². The molecule has 0 aliphatic carbocycles. The normalized spacial score (nSPS) is 11.0. The van der Waals surface area contributed by atoms with E-state index in [0.717, 1.165) is 5.56 Å². The number of nitrogens with one attached hydrogen (secondary N) is 1. The van der Waals surface area contributed by atoms with Crippen molar-refractivity contribution in [1.29, 1.82) is 0 Å². The Morgan fingerprint density at radius 2 is 2.09 bits per heavy atom. The van der Waals surface area contributed by atoms with Crippen molar-refractivity contribution in [3.05, 3.63) is 78.5 Å². The number of rotatable bonds is 10. The van der Waals surface area contributed by atoms with E-state index in [1.807, 2.05) is 25.1 Å². The van der Waals surface area contributed by atoms with Gasteiger partial charge in [0, 0.05) is 5.02 Å². The van der Waals surface area contributed by atoms with Crippen molar-refractivity contribution in [2.24, 2.45) is 5.10 Å². The Balaban J connectivity index is 1.68. The van der Waals surface area contributed by atoms with E-state index in [9.17, 15) is 14.9 Å². The molecule has 0 unspecified atom stereocenters. The summed E-state index contributed by atoms with van der Waals surface area (Å²) < 4.78 is 13.6. The molecule has 35 heavy (non-hydrogen) atoms. The summed E-state index contributed by atoms with van der Waals surface area (Å²) in [6, 6.07) is 10.9. The van der Waals surface area contributed by atoms with Gasteiger partial charge in [-0.25, -0.2) is 5.43 Å². The van der Waals surface area contributed by atoms with Crippen molar-refractivity contribution >= 4 is 45.3 Å². The number of hydrazone groups is 1. The maximum Gasteiger partial charge on any atom is 0.312 e. The lowest BCUT2D eigenvalue weighted by Gasteiger charge is -2.15. The van der Waals surface area contributed by atoms with Crippen LogP contribution in [0.5, 0.6) is 11.5 Å². The summed E-state index contributed by atoms with van der Waals surface area (Å²) in [5.74, 6) is 0.554. The largest absolute Gasteiger partial charge is 0.490 e. The summed E-state index contributed by atoms with van der Waals surface area (Å²) in [4.78, 5) is 22.9. The zero-order chi connectivity index (χ0) is 25.5. The molecule has 1 heterocycles. The molecule has 2 aromatic carbocycles. The van der Waals surface area contributed by atoms with Crippen molar-refractivity contribution < 1.29 is 19.2 Å². The fraction of sp³-hybridized carbons (Fsp3) is 0.261.